The maximum atomic E-state index is 11.8. The second-order valence-electron chi connectivity index (χ2n) is 6.49. The first-order valence-corrected chi connectivity index (χ1v) is 6.94. The third kappa shape index (κ3) is 4.76. The number of nitrogens with two attached hydrogens (primary N) is 1. The average Bonchev–Trinajstić information content (AvgIpc) is 2.27. The molecular weight excluding hydrogens is 252 g/mol. The molecule has 1 aromatic rings. The van der Waals surface area contributed by atoms with Gasteiger partial charge in [-0.05, 0) is 56.9 Å². The molecule has 112 valence electrons. The fourth-order valence-corrected chi connectivity index (χ4v) is 1.89. The number of hydrogen-bond donors (Lipinski definition) is 2. The molecule has 0 saturated carbocycles. The molecule has 1 rings (SSSR count). The minimum atomic E-state index is -0.252. The Morgan fingerprint density at radius 2 is 1.95 bits per heavy atom. The molecule has 0 atom stereocenters. The van der Waals surface area contributed by atoms with Crippen LogP contribution in [0.2, 0.25) is 0 Å². The van der Waals surface area contributed by atoms with Crippen LogP contribution in [0.1, 0.15) is 51.7 Å². The highest BCUT2D eigenvalue weighted by atomic mass is 16.5. The normalized spacial score (nSPS) is 11.6. The minimum Gasteiger partial charge on any atom is -0.483 e. The van der Waals surface area contributed by atoms with Crippen molar-refractivity contribution in [2.24, 2.45) is 0 Å². The van der Waals surface area contributed by atoms with E-state index in [2.05, 4.69) is 19.2 Å². The quantitative estimate of drug-likeness (QED) is 0.832. The summed E-state index contributed by atoms with van der Waals surface area (Å²) >= 11 is 0. The van der Waals surface area contributed by atoms with Crippen molar-refractivity contribution in [3.8, 4) is 5.75 Å². The van der Waals surface area contributed by atoms with Crippen molar-refractivity contribution >= 4 is 11.6 Å². The number of hydrogen-bond acceptors (Lipinski definition) is 3. The van der Waals surface area contributed by atoms with Gasteiger partial charge >= 0.3 is 0 Å². The Balaban J connectivity index is 2.82. The largest absolute Gasteiger partial charge is 0.483 e. The van der Waals surface area contributed by atoms with E-state index in [4.69, 9.17) is 10.5 Å². The molecule has 0 aliphatic heterocycles. The van der Waals surface area contributed by atoms with E-state index >= 15 is 0 Å². The number of benzene rings is 1. The van der Waals surface area contributed by atoms with E-state index in [9.17, 15) is 4.79 Å². The highest BCUT2D eigenvalue weighted by Gasteiger charge is 2.16. The molecule has 0 aliphatic carbocycles. The molecule has 0 aromatic heterocycles. The van der Waals surface area contributed by atoms with Crippen molar-refractivity contribution in [2.75, 3.05) is 12.3 Å². The monoisotopic (exact) mass is 278 g/mol. The van der Waals surface area contributed by atoms with Gasteiger partial charge in [-0.25, -0.2) is 0 Å². The number of anilines is 1. The van der Waals surface area contributed by atoms with Crippen LogP contribution < -0.4 is 15.8 Å². The molecule has 0 bridgehead atoms. The molecular formula is C16H26N2O2. The highest BCUT2D eigenvalue weighted by molar-refractivity contribution is 5.78. The van der Waals surface area contributed by atoms with Crippen LogP contribution >= 0.6 is 0 Å². The Kier molecular flexibility index (Phi) is 5.03. The summed E-state index contributed by atoms with van der Waals surface area (Å²) in [5.41, 5.74) is 8.41. The lowest BCUT2D eigenvalue weighted by atomic mass is 9.99. The fourth-order valence-electron chi connectivity index (χ4n) is 1.89. The van der Waals surface area contributed by atoms with E-state index in [1.54, 1.807) is 0 Å². The van der Waals surface area contributed by atoms with Crippen LogP contribution in [0.15, 0.2) is 12.1 Å². The van der Waals surface area contributed by atoms with E-state index in [-0.39, 0.29) is 18.1 Å². The Bertz CT molecular complexity index is 488. The smallest absolute Gasteiger partial charge is 0.258 e. The lowest BCUT2D eigenvalue weighted by Crippen LogP contribution is -2.43. The molecule has 4 heteroatoms. The Hall–Kier alpha value is -1.71. The predicted molar refractivity (Wildman–Crippen MR) is 83.1 cm³/mol. The summed E-state index contributed by atoms with van der Waals surface area (Å²) in [6.45, 7) is 11.9. The van der Waals surface area contributed by atoms with Crippen molar-refractivity contribution in [2.45, 2.75) is 53.0 Å². The summed E-state index contributed by atoms with van der Waals surface area (Å²) in [6.07, 6.45) is 0. The van der Waals surface area contributed by atoms with E-state index in [0.717, 1.165) is 22.6 Å². The molecule has 1 aromatic carbocycles. The first-order chi connectivity index (χ1) is 9.10. The van der Waals surface area contributed by atoms with Gasteiger partial charge in [-0.15, -0.1) is 0 Å². The SMILES string of the molecule is Cc1cc(OCC(=O)NC(C)(C)C)c(C(C)C)cc1N. The summed E-state index contributed by atoms with van der Waals surface area (Å²) in [5, 5.41) is 2.88. The minimum absolute atomic E-state index is 0.0142. The third-order valence-electron chi connectivity index (χ3n) is 2.89. The molecule has 0 fully saturated rings. The first-order valence-electron chi connectivity index (χ1n) is 6.94. The maximum Gasteiger partial charge on any atom is 0.258 e. The number of carbonyl (C=O) groups is 1. The Labute approximate surface area is 121 Å². The van der Waals surface area contributed by atoms with E-state index in [0.29, 0.717) is 5.92 Å². The molecule has 20 heavy (non-hydrogen) atoms. The van der Waals surface area contributed by atoms with Crippen LogP contribution in [-0.2, 0) is 4.79 Å². The molecule has 0 spiro atoms. The lowest BCUT2D eigenvalue weighted by Gasteiger charge is -2.21. The Morgan fingerprint density at radius 3 is 2.45 bits per heavy atom. The molecule has 0 radical (unpaired) electrons. The van der Waals surface area contributed by atoms with Gasteiger partial charge in [-0.3, -0.25) is 4.79 Å². The number of amides is 1. The number of carbonyl (C=O) groups excluding carboxylic acids is 1. The maximum absolute atomic E-state index is 11.8. The van der Waals surface area contributed by atoms with Crippen LogP contribution in [0.25, 0.3) is 0 Å². The summed E-state index contributed by atoms with van der Waals surface area (Å²) in [5.74, 6) is 0.899. The van der Waals surface area contributed by atoms with Crippen molar-refractivity contribution in [1.82, 2.24) is 5.32 Å². The summed E-state index contributed by atoms with van der Waals surface area (Å²) in [6, 6.07) is 3.83. The average molecular weight is 278 g/mol. The zero-order valence-electron chi connectivity index (χ0n) is 13.3. The number of nitrogen functional groups attached to an aromatic ring is 1. The summed E-state index contributed by atoms with van der Waals surface area (Å²) < 4.78 is 5.67. The first kappa shape index (κ1) is 16.3. The molecule has 1 amide bonds. The number of ether oxygens (including phenoxy) is 1. The molecule has 0 saturated heterocycles. The van der Waals surface area contributed by atoms with Gasteiger partial charge in [0.25, 0.3) is 5.91 Å². The van der Waals surface area contributed by atoms with Crippen LogP contribution in [0.3, 0.4) is 0 Å². The van der Waals surface area contributed by atoms with Gasteiger partial charge in [0, 0.05) is 11.2 Å². The Morgan fingerprint density at radius 1 is 1.35 bits per heavy atom. The molecule has 3 N–H and O–H groups in total. The van der Waals surface area contributed by atoms with Crippen molar-refractivity contribution in [3.63, 3.8) is 0 Å². The van der Waals surface area contributed by atoms with Gasteiger partial charge < -0.3 is 15.8 Å². The van der Waals surface area contributed by atoms with Gasteiger partial charge in [-0.2, -0.15) is 0 Å². The summed E-state index contributed by atoms with van der Waals surface area (Å²) in [4.78, 5) is 11.8. The second kappa shape index (κ2) is 6.16. The van der Waals surface area contributed by atoms with E-state index in [1.165, 1.54) is 0 Å². The fraction of sp³-hybridized carbons (Fsp3) is 0.562. The lowest BCUT2D eigenvalue weighted by molar-refractivity contribution is -0.124. The molecule has 0 heterocycles. The molecule has 0 aliphatic rings. The van der Waals surface area contributed by atoms with Crippen LogP contribution in [0, 0.1) is 6.92 Å². The van der Waals surface area contributed by atoms with Crippen molar-refractivity contribution < 1.29 is 9.53 Å². The zero-order chi connectivity index (χ0) is 15.5. The van der Waals surface area contributed by atoms with Crippen LogP contribution in [-0.4, -0.2) is 18.1 Å². The van der Waals surface area contributed by atoms with E-state index in [1.807, 2.05) is 39.8 Å². The number of nitrogens with one attached hydrogen (secondary N) is 1. The third-order valence-corrected chi connectivity index (χ3v) is 2.89. The molecule has 4 nitrogen and oxygen atoms in total. The van der Waals surface area contributed by atoms with Gasteiger partial charge in [0.15, 0.2) is 6.61 Å². The van der Waals surface area contributed by atoms with Gasteiger partial charge in [0.05, 0.1) is 0 Å². The van der Waals surface area contributed by atoms with Crippen molar-refractivity contribution in [3.05, 3.63) is 23.3 Å². The highest BCUT2D eigenvalue weighted by Crippen LogP contribution is 2.30. The van der Waals surface area contributed by atoms with Gasteiger partial charge in [-0.1, -0.05) is 13.8 Å². The van der Waals surface area contributed by atoms with Crippen LogP contribution in [0.5, 0.6) is 5.75 Å². The van der Waals surface area contributed by atoms with E-state index < -0.39 is 0 Å². The van der Waals surface area contributed by atoms with Gasteiger partial charge in [0.2, 0.25) is 0 Å². The van der Waals surface area contributed by atoms with Crippen molar-refractivity contribution in [1.29, 1.82) is 0 Å². The predicted octanol–water partition coefficient (Wildman–Crippen LogP) is 2.99. The number of rotatable bonds is 4. The summed E-state index contributed by atoms with van der Waals surface area (Å²) in [7, 11) is 0. The number of aryl methyl sites for hydroxylation is 1. The topological polar surface area (TPSA) is 64.3 Å². The second-order valence-corrected chi connectivity index (χ2v) is 6.49. The zero-order valence-corrected chi connectivity index (χ0v) is 13.3. The van der Waals surface area contributed by atoms with Gasteiger partial charge in [0.1, 0.15) is 5.75 Å². The standard InChI is InChI=1S/C16H26N2O2/c1-10(2)12-8-13(17)11(3)7-14(12)20-9-15(19)18-16(4,5)6/h7-8,10H,9,17H2,1-6H3,(H,18,19). The van der Waals surface area contributed by atoms with Crippen LogP contribution in [0.4, 0.5) is 5.69 Å². The molecule has 0 unspecified atom stereocenters.